The zero-order chi connectivity index (χ0) is 19.3. The summed E-state index contributed by atoms with van der Waals surface area (Å²) < 4.78 is 11.3. The van der Waals surface area contributed by atoms with E-state index in [-0.39, 0.29) is 6.10 Å². The molecule has 152 valence electrons. The van der Waals surface area contributed by atoms with Crippen LogP contribution in [0.5, 0.6) is 5.75 Å². The van der Waals surface area contributed by atoms with Crippen LogP contribution in [0.2, 0.25) is 0 Å². The number of unbranched alkanes of at least 4 members (excludes halogenated alkanes) is 4. The van der Waals surface area contributed by atoms with Gasteiger partial charge in [0, 0.05) is 18.3 Å². The summed E-state index contributed by atoms with van der Waals surface area (Å²) in [7, 11) is 0. The number of amides is 1. The van der Waals surface area contributed by atoms with Gasteiger partial charge in [0.15, 0.2) is 0 Å². The highest BCUT2D eigenvalue weighted by Crippen LogP contribution is 2.18. The molecule has 0 spiro atoms. The van der Waals surface area contributed by atoms with Crippen LogP contribution in [0, 0.1) is 0 Å². The van der Waals surface area contributed by atoms with E-state index in [0.29, 0.717) is 12.3 Å². The van der Waals surface area contributed by atoms with Crippen molar-refractivity contribution >= 4 is 11.8 Å². The van der Waals surface area contributed by atoms with Gasteiger partial charge in [0.2, 0.25) is 0 Å². The van der Waals surface area contributed by atoms with Gasteiger partial charge < -0.3 is 9.47 Å². The average Bonchev–Trinajstić information content (AvgIpc) is 2.65. The summed E-state index contributed by atoms with van der Waals surface area (Å²) in [6.45, 7) is 7.89. The van der Waals surface area contributed by atoms with E-state index < -0.39 is 6.09 Å². The number of benzene rings is 1. The molecule has 1 aliphatic rings. The minimum absolute atomic E-state index is 0.120. The Morgan fingerprint density at radius 1 is 1.15 bits per heavy atom. The van der Waals surface area contributed by atoms with Gasteiger partial charge in [-0.1, -0.05) is 45.1 Å². The van der Waals surface area contributed by atoms with Crippen LogP contribution in [0.15, 0.2) is 24.3 Å². The van der Waals surface area contributed by atoms with Crippen LogP contribution in [0.4, 0.5) is 10.5 Å². The van der Waals surface area contributed by atoms with Gasteiger partial charge in [-0.3, -0.25) is 10.2 Å². The Morgan fingerprint density at radius 2 is 1.93 bits per heavy atom. The molecule has 0 unspecified atom stereocenters. The van der Waals surface area contributed by atoms with Crippen molar-refractivity contribution < 1.29 is 14.3 Å². The van der Waals surface area contributed by atoms with E-state index in [1.807, 2.05) is 31.2 Å². The van der Waals surface area contributed by atoms with Crippen molar-refractivity contribution in [1.29, 1.82) is 0 Å². The van der Waals surface area contributed by atoms with Gasteiger partial charge >= 0.3 is 6.09 Å². The lowest BCUT2D eigenvalue weighted by atomic mass is 10.1. The Labute approximate surface area is 164 Å². The van der Waals surface area contributed by atoms with Gasteiger partial charge in [0.25, 0.3) is 0 Å². The lowest BCUT2D eigenvalue weighted by Crippen LogP contribution is -2.37. The molecule has 5 nitrogen and oxygen atoms in total. The number of rotatable bonds is 11. The Kier molecular flexibility index (Phi) is 10.1. The van der Waals surface area contributed by atoms with Gasteiger partial charge in [-0.25, -0.2) is 4.79 Å². The van der Waals surface area contributed by atoms with Crippen molar-refractivity contribution in [1.82, 2.24) is 4.90 Å². The van der Waals surface area contributed by atoms with Crippen LogP contribution in [0.25, 0.3) is 0 Å². The first-order valence-corrected chi connectivity index (χ1v) is 10.6. The number of hydrogen-bond acceptors (Lipinski definition) is 4. The molecule has 27 heavy (non-hydrogen) atoms. The third kappa shape index (κ3) is 9.14. The molecule has 1 N–H and O–H groups in total. The molecule has 1 heterocycles. The van der Waals surface area contributed by atoms with E-state index in [1.165, 1.54) is 44.9 Å². The average molecular weight is 377 g/mol. The van der Waals surface area contributed by atoms with Gasteiger partial charge in [-0.2, -0.15) is 0 Å². The normalized spacial score (nSPS) is 15.9. The zero-order valence-corrected chi connectivity index (χ0v) is 17.0. The quantitative estimate of drug-likeness (QED) is 0.521. The second-order valence-corrected chi connectivity index (χ2v) is 7.49. The molecule has 0 aromatic heterocycles. The van der Waals surface area contributed by atoms with Crippen molar-refractivity contribution in [2.24, 2.45) is 0 Å². The molecular weight excluding hydrogens is 340 g/mol. The Hall–Kier alpha value is -1.75. The molecule has 0 radical (unpaired) electrons. The fraction of sp³-hybridized carbons (Fsp3) is 0.682. The maximum Gasteiger partial charge on any atom is 0.411 e. The van der Waals surface area contributed by atoms with Crippen LogP contribution in [-0.4, -0.2) is 43.3 Å². The molecule has 0 saturated carbocycles. The number of hydrogen-bond donors (Lipinski definition) is 1. The first-order valence-electron chi connectivity index (χ1n) is 10.6. The van der Waals surface area contributed by atoms with Gasteiger partial charge in [0.1, 0.15) is 11.9 Å². The van der Waals surface area contributed by atoms with Crippen LogP contribution in [-0.2, 0) is 4.74 Å². The number of piperidine rings is 1. The lowest BCUT2D eigenvalue weighted by Gasteiger charge is -2.28. The van der Waals surface area contributed by atoms with E-state index in [9.17, 15) is 4.79 Å². The third-order valence-electron chi connectivity index (χ3n) is 4.87. The van der Waals surface area contributed by atoms with Crippen molar-refractivity contribution in [3.63, 3.8) is 0 Å². The summed E-state index contributed by atoms with van der Waals surface area (Å²) in [4.78, 5) is 14.5. The smallest absolute Gasteiger partial charge is 0.411 e. The molecule has 1 aromatic carbocycles. The highest BCUT2D eigenvalue weighted by atomic mass is 16.6. The summed E-state index contributed by atoms with van der Waals surface area (Å²) >= 11 is 0. The van der Waals surface area contributed by atoms with Gasteiger partial charge in [-0.15, -0.1) is 0 Å². The highest BCUT2D eigenvalue weighted by molar-refractivity contribution is 5.84. The summed E-state index contributed by atoms with van der Waals surface area (Å²) in [6, 6.07) is 7.51. The summed E-state index contributed by atoms with van der Waals surface area (Å²) in [5.74, 6) is 0.782. The number of carbonyl (C=O) groups excluding carboxylic acids is 1. The SMILES string of the molecule is CCCCCCCOc1cccc(NC(=O)O[C@@H](C)CN2CCCCC2)c1. The second kappa shape index (κ2) is 12.6. The largest absolute Gasteiger partial charge is 0.494 e. The van der Waals surface area contributed by atoms with E-state index in [1.54, 1.807) is 0 Å². The van der Waals surface area contributed by atoms with Crippen molar-refractivity contribution in [3.8, 4) is 5.75 Å². The van der Waals surface area contributed by atoms with Crippen molar-refractivity contribution in [2.75, 3.05) is 31.6 Å². The molecule has 0 aliphatic carbocycles. The highest BCUT2D eigenvalue weighted by Gasteiger charge is 2.16. The fourth-order valence-electron chi connectivity index (χ4n) is 3.43. The summed E-state index contributed by atoms with van der Waals surface area (Å²) in [6.07, 6.45) is 9.34. The van der Waals surface area contributed by atoms with Crippen molar-refractivity contribution in [3.05, 3.63) is 24.3 Å². The topological polar surface area (TPSA) is 50.8 Å². The molecule has 1 fully saturated rings. The van der Waals surface area contributed by atoms with E-state index in [4.69, 9.17) is 9.47 Å². The molecule has 1 aromatic rings. The Bertz CT molecular complexity index is 544. The predicted molar refractivity (Wildman–Crippen MR) is 111 cm³/mol. The van der Waals surface area contributed by atoms with Crippen LogP contribution < -0.4 is 10.1 Å². The molecule has 1 aliphatic heterocycles. The van der Waals surface area contributed by atoms with Gasteiger partial charge in [0.05, 0.1) is 6.61 Å². The summed E-state index contributed by atoms with van der Waals surface area (Å²) in [5.41, 5.74) is 0.702. The fourth-order valence-corrected chi connectivity index (χ4v) is 3.43. The van der Waals surface area contributed by atoms with Gasteiger partial charge in [-0.05, 0) is 51.4 Å². The molecule has 1 atom stereocenters. The van der Waals surface area contributed by atoms with E-state index in [0.717, 1.165) is 31.8 Å². The monoisotopic (exact) mass is 376 g/mol. The number of likely N-dealkylation sites (tertiary alicyclic amines) is 1. The molecule has 5 heteroatoms. The third-order valence-corrected chi connectivity index (χ3v) is 4.87. The van der Waals surface area contributed by atoms with E-state index in [2.05, 4.69) is 17.1 Å². The number of nitrogens with zero attached hydrogens (tertiary/aromatic N) is 1. The Morgan fingerprint density at radius 3 is 2.70 bits per heavy atom. The maximum absolute atomic E-state index is 12.1. The number of ether oxygens (including phenoxy) is 2. The van der Waals surface area contributed by atoms with Crippen LogP contribution in [0.3, 0.4) is 0 Å². The van der Waals surface area contributed by atoms with Crippen molar-refractivity contribution in [2.45, 2.75) is 71.3 Å². The minimum Gasteiger partial charge on any atom is -0.494 e. The molecule has 0 bridgehead atoms. The number of nitrogens with one attached hydrogen (secondary N) is 1. The molecule has 2 rings (SSSR count). The minimum atomic E-state index is -0.406. The predicted octanol–water partition coefficient (Wildman–Crippen LogP) is 5.46. The molecule has 1 saturated heterocycles. The summed E-state index contributed by atoms with van der Waals surface area (Å²) in [5, 5.41) is 2.81. The standard InChI is InChI=1S/C22H36N2O3/c1-3-4-5-6-10-16-26-21-13-11-12-20(17-21)23-22(25)27-19(2)18-24-14-8-7-9-15-24/h11-13,17,19H,3-10,14-16,18H2,1-2H3,(H,23,25)/t19-/m0/s1. The lowest BCUT2D eigenvalue weighted by molar-refractivity contribution is 0.0833. The second-order valence-electron chi connectivity index (χ2n) is 7.49. The molecular formula is C22H36N2O3. The zero-order valence-electron chi connectivity index (χ0n) is 17.0. The maximum atomic E-state index is 12.1. The Balaban J connectivity index is 1.68. The van der Waals surface area contributed by atoms with Crippen LogP contribution >= 0.6 is 0 Å². The van der Waals surface area contributed by atoms with E-state index >= 15 is 0 Å². The first-order chi connectivity index (χ1) is 13.2. The number of anilines is 1. The number of carbonyl (C=O) groups is 1. The van der Waals surface area contributed by atoms with Crippen LogP contribution in [0.1, 0.15) is 65.2 Å². The molecule has 1 amide bonds. The first kappa shape index (κ1) is 21.5.